The highest BCUT2D eigenvalue weighted by Gasteiger charge is 2.42. The minimum Gasteiger partial charge on any atom is -0.497 e. The van der Waals surface area contributed by atoms with Crippen LogP contribution in [0.1, 0.15) is 59.2 Å². The number of ether oxygens (including phenoxy) is 1. The van der Waals surface area contributed by atoms with Gasteiger partial charge < -0.3 is 9.64 Å². The molecule has 1 aliphatic rings. The highest BCUT2D eigenvalue weighted by atomic mass is 32.1. The summed E-state index contributed by atoms with van der Waals surface area (Å²) in [6, 6.07) is 14.3. The zero-order valence-corrected chi connectivity index (χ0v) is 19.6. The Kier molecular flexibility index (Phi) is 5.73. The number of carbonyl (C=O) groups excluding carboxylic acids is 2. The van der Waals surface area contributed by atoms with E-state index >= 15 is 0 Å². The van der Waals surface area contributed by atoms with Gasteiger partial charge in [-0.25, -0.2) is 0 Å². The number of aromatic nitrogens is 2. The molecule has 0 bridgehead atoms. The number of methoxy groups -OCH3 is 1. The van der Waals surface area contributed by atoms with E-state index in [4.69, 9.17) is 4.74 Å². The summed E-state index contributed by atoms with van der Waals surface area (Å²) in [4.78, 5) is 28.4. The monoisotopic (exact) mass is 450 g/mol. The van der Waals surface area contributed by atoms with Crippen molar-refractivity contribution in [2.24, 2.45) is 0 Å². The number of benzene rings is 2. The molecule has 32 heavy (non-hydrogen) atoms. The van der Waals surface area contributed by atoms with Crippen LogP contribution in [0.3, 0.4) is 0 Å². The van der Waals surface area contributed by atoms with Crippen molar-refractivity contribution in [1.82, 2.24) is 15.1 Å². The lowest BCUT2D eigenvalue weighted by Crippen LogP contribution is -2.44. The molecule has 0 radical (unpaired) electrons. The van der Waals surface area contributed by atoms with Crippen LogP contribution in [0.5, 0.6) is 5.75 Å². The van der Waals surface area contributed by atoms with Gasteiger partial charge in [-0.3, -0.25) is 14.9 Å². The molecule has 1 aliphatic heterocycles. The number of carbonyl (C=O) groups is 2. The summed E-state index contributed by atoms with van der Waals surface area (Å²) in [5.41, 5.74) is 1.93. The third-order valence-corrected chi connectivity index (χ3v) is 6.88. The number of nitrogens with one attached hydrogen (secondary N) is 1. The number of likely N-dealkylation sites (N-methyl/N-ethyl adjacent to an activating group) is 1. The number of hydrogen-bond acceptors (Lipinski definition) is 6. The lowest BCUT2D eigenvalue weighted by Gasteiger charge is -2.39. The molecule has 166 valence electrons. The smallest absolute Gasteiger partial charge is 0.254 e. The van der Waals surface area contributed by atoms with E-state index in [1.165, 1.54) is 11.3 Å². The van der Waals surface area contributed by atoms with Crippen molar-refractivity contribution in [2.45, 2.75) is 38.1 Å². The molecule has 4 rings (SSSR count). The van der Waals surface area contributed by atoms with Gasteiger partial charge in [0.05, 0.1) is 19.1 Å². The lowest BCUT2D eigenvalue weighted by atomic mass is 9.79. The highest BCUT2D eigenvalue weighted by Crippen LogP contribution is 2.43. The fraction of sp³-hybridized carbons (Fsp3) is 0.333. The van der Waals surface area contributed by atoms with Crippen molar-refractivity contribution < 1.29 is 14.3 Å². The van der Waals surface area contributed by atoms with Gasteiger partial charge >= 0.3 is 0 Å². The summed E-state index contributed by atoms with van der Waals surface area (Å²) in [5, 5.41) is 12.6. The van der Waals surface area contributed by atoms with Gasteiger partial charge in [0.25, 0.3) is 5.91 Å². The molecule has 0 unspecified atom stereocenters. The number of rotatable bonds is 4. The van der Waals surface area contributed by atoms with Crippen molar-refractivity contribution in [3.05, 3.63) is 70.2 Å². The maximum Gasteiger partial charge on any atom is 0.254 e. The SMILES string of the molecule is COc1ccc([C@@H]2[C@H](C(=O)Nc3nnc(C(C)(C)C)s3)c3ccccc3C(=O)N2C)cc1. The number of fused-ring (bicyclic) bond motifs is 1. The molecule has 2 atom stereocenters. The fourth-order valence-electron chi connectivity index (χ4n) is 3.93. The molecule has 2 heterocycles. The minimum atomic E-state index is -0.607. The molecule has 1 aromatic heterocycles. The van der Waals surface area contributed by atoms with Crippen LogP contribution in [-0.4, -0.2) is 41.1 Å². The van der Waals surface area contributed by atoms with Crippen LogP contribution in [-0.2, 0) is 10.2 Å². The van der Waals surface area contributed by atoms with E-state index in [-0.39, 0.29) is 17.2 Å². The van der Waals surface area contributed by atoms with Crippen LogP contribution >= 0.6 is 11.3 Å². The first-order valence-corrected chi connectivity index (χ1v) is 11.2. The summed E-state index contributed by atoms with van der Waals surface area (Å²) in [5.74, 6) is -0.238. The summed E-state index contributed by atoms with van der Waals surface area (Å²) in [7, 11) is 3.34. The van der Waals surface area contributed by atoms with Crippen LogP contribution in [0.4, 0.5) is 5.13 Å². The predicted octanol–water partition coefficient (Wildman–Crippen LogP) is 4.39. The standard InChI is InChI=1S/C24H26N4O3S/c1-24(2,3)22-26-27-23(32-22)25-20(29)18-16-8-6-7-9-17(16)21(30)28(4)19(18)14-10-12-15(31-5)13-11-14/h6-13,18-19H,1-5H3,(H,25,27,29)/t18-,19-/m1/s1. The summed E-state index contributed by atoms with van der Waals surface area (Å²) in [6.45, 7) is 6.16. The van der Waals surface area contributed by atoms with E-state index in [9.17, 15) is 9.59 Å². The Morgan fingerprint density at radius 3 is 2.41 bits per heavy atom. The van der Waals surface area contributed by atoms with Gasteiger partial charge in [-0.1, -0.05) is 62.4 Å². The van der Waals surface area contributed by atoms with Gasteiger partial charge in [0.15, 0.2) is 0 Å². The van der Waals surface area contributed by atoms with Gasteiger partial charge in [0.2, 0.25) is 11.0 Å². The summed E-state index contributed by atoms with van der Waals surface area (Å²) in [6.07, 6.45) is 0. The fourth-order valence-corrected chi connectivity index (χ4v) is 4.74. The Labute approximate surface area is 191 Å². The van der Waals surface area contributed by atoms with Gasteiger partial charge in [0, 0.05) is 18.0 Å². The zero-order chi connectivity index (χ0) is 23.0. The van der Waals surface area contributed by atoms with E-state index in [0.717, 1.165) is 10.6 Å². The maximum atomic E-state index is 13.6. The first kappa shape index (κ1) is 22.0. The van der Waals surface area contributed by atoms with Crippen LogP contribution in [0, 0.1) is 0 Å². The molecule has 0 fully saturated rings. The topological polar surface area (TPSA) is 84.4 Å². The third-order valence-electron chi connectivity index (χ3n) is 5.62. The average Bonchev–Trinajstić information content (AvgIpc) is 3.25. The first-order valence-electron chi connectivity index (χ1n) is 10.4. The van der Waals surface area contributed by atoms with Crippen molar-refractivity contribution in [3.63, 3.8) is 0 Å². The molecule has 1 N–H and O–H groups in total. The third kappa shape index (κ3) is 3.98. The Balaban J connectivity index is 1.75. The zero-order valence-electron chi connectivity index (χ0n) is 18.7. The molecule has 8 heteroatoms. The Morgan fingerprint density at radius 1 is 1.09 bits per heavy atom. The van der Waals surface area contributed by atoms with Crippen LogP contribution in [0.25, 0.3) is 0 Å². The maximum absolute atomic E-state index is 13.6. The van der Waals surface area contributed by atoms with Crippen molar-refractivity contribution >= 4 is 28.3 Å². The Morgan fingerprint density at radius 2 is 1.78 bits per heavy atom. The first-order chi connectivity index (χ1) is 15.2. The molecule has 0 saturated carbocycles. The van der Waals surface area contributed by atoms with Gasteiger partial charge in [-0.15, -0.1) is 10.2 Å². The average molecular weight is 451 g/mol. The summed E-state index contributed by atoms with van der Waals surface area (Å²) >= 11 is 1.37. The minimum absolute atomic E-state index is 0.114. The number of amides is 2. The number of hydrogen-bond donors (Lipinski definition) is 1. The summed E-state index contributed by atoms with van der Waals surface area (Å²) < 4.78 is 5.27. The molecule has 7 nitrogen and oxygen atoms in total. The molecule has 0 saturated heterocycles. The van der Waals surface area contributed by atoms with Crippen molar-refractivity contribution in [1.29, 1.82) is 0 Å². The normalized spacial score (nSPS) is 18.3. The molecule has 0 aliphatic carbocycles. The molecule has 2 aromatic carbocycles. The van der Waals surface area contributed by atoms with Gasteiger partial charge in [-0.2, -0.15) is 0 Å². The second-order valence-corrected chi connectivity index (χ2v) is 9.83. The molecule has 3 aromatic rings. The number of anilines is 1. The second-order valence-electron chi connectivity index (χ2n) is 8.85. The van der Waals surface area contributed by atoms with Crippen LogP contribution in [0.2, 0.25) is 0 Å². The van der Waals surface area contributed by atoms with E-state index < -0.39 is 12.0 Å². The largest absolute Gasteiger partial charge is 0.497 e. The van der Waals surface area contributed by atoms with Gasteiger partial charge in [0.1, 0.15) is 10.8 Å². The van der Waals surface area contributed by atoms with E-state index in [2.05, 4.69) is 36.3 Å². The van der Waals surface area contributed by atoms with E-state index in [1.54, 1.807) is 25.1 Å². The molecular weight excluding hydrogens is 424 g/mol. The lowest BCUT2D eigenvalue weighted by molar-refractivity contribution is -0.119. The Bertz CT molecular complexity index is 1150. The molecule has 2 amide bonds. The molecular formula is C24H26N4O3S. The van der Waals surface area contributed by atoms with Crippen molar-refractivity contribution in [2.75, 3.05) is 19.5 Å². The quantitative estimate of drug-likeness (QED) is 0.637. The van der Waals surface area contributed by atoms with E-state index in [1.807, 2.05) is 42.5 Å². The predicted molar refractivity (Wildman–Crippen MR) is 124 cm³/mol. The van der Waals surface area contributed by atoms with Crippen LogP contribution < -0.4 is 10.1 Å². The van der Waals surface area contributed by atoms with E-state index in [0.29, 0.717) is 22.0 Å². The number of nitrogens with zero attached hydrogens (tertiary/aromatic N) is 3. The Hall–Kier alpha value is -3.26. The second kappa shape index (κ2) is 8.35. The van der Waals surface area contributed by atoms with Crippen molar-refractivity contribution in [3.8, 4) is 5.75 Å². The molecule has 0 spiro atoms. The van der Waals surface area contributed by atoms with Crippen LogP contribution in [0.15, 0.2) is 48.5 Å². The van der Waals surface area contributed by atoms with Gasteiger partial charge in [-0.05, 0) is 29.3 Å². The highest BCUT2D eigenvalue weighted by molar-refractivity contribution is 7.15.